The molecule has 0 spiro atoms. The van der Waals surface area contributed by atoms with Crippen molar-refractivity contribution in [1.29, 1.82) is 0 Å². The summed E-state index contributed by atoms with van der Waals surface area (Å²) in [7, 11) is 2.11. The highest BCUT2D eigenvalue weighted by atomic mass is 16.3. The lowest BCUT2D eigenvalue weighted by atomic mass is 10.00. The number of benzene rings is 3. The molecule has 0 atom stereocenters. The standard InChI is InChI=1S/C31H32N6O3/c1-35-13-15-36(16-14-35)19-27(38)37-12-11-21-17-23(8-10-26(21)37)33-29(20-5-3-2-4-6-20)28-24-9-7-22(30(32)39)18-25(24)34-31(28)40/h2-10,17-18,34,40H,11-16,19H2,1H3,(H2,32,39). The number of amides is 2. The van der Waals surface area contributed by atoms with Crippen molar-refractivity contribution in [3.05, 3.63) is 89.0 Å². The van der Waals surface area contributed by atoms with E-state index in [1.807, 2.05) is 53.4 Å². The number of aliphatic imine (C=N–C) groups is 1. The largest absolute Gasteiger partial charge is 0.494 e. The van der Waals surface area contributed by atoms with Crippen LogP contribution in [0.3, 0.4) is 0 Å². The molecule has 4 N–H and O–H groups in total. The molecule has 0 bridgehead atoms. The monoisotopic (exact) mass is 536 g/mol. The maximum atomic E-state index is 13.2. The van der Waals surface area contributed by atoms with Crippen LogP contribution in [0.15, 0.2) is 71.7 Å². The Balaban J connectivity index is 1.34. The Kier molecular flexibility index (Phi) is 6.83. The van der Waals surface area contributed by atoms with E-state index in [9.17, 15) is 14.7 Å². The lowest BCUT2D eigenvalue weighted by molar-refractivity contribution is -0.120. The quantitative estimate of drug-likeness (QED) is 0.327. The summed E-state index contributed by atoms with van der Waals surface area (Å²) in [5.74, 6) is -0.451. The number of likely N-dealkylation sites (N-methyl/N-ethyl adjacent to an activating group) is 1. The zero-order valence-electron chi connectivity index (χ0n) is 22.4. The van der Waals surface area contributed by atoms with Crippen LogP contribution in [0.2, 0.25) is 0 Å². The Labute approximate surface area is 232 Å². The molecule has 6 rings (SSSR count). The predicted octanol–water partition coefficient (Wildman–Crippen LogP) is 3.28. The van der Waals surface area contributed by atoms with Crippen molar-refractivity contribution in [3.8, 4) is 5.88 Å². The molecule has 2 amide bonds. The minimum atomic E-state index is -0.538. The highest BCUT2D eigenvalue weighted by Crippen LogP contribution is 2.35. The number of anilines is 1. The molecule has 40 heavy (non-hydrogen) atoms. The molecule has 3 heterocycles. The van der Waals surface area contributed by atoms with Crippen LogP contribution in [-0.2, 0) is 11.2 Å². The molecule has 9 nitrogen and oxygen atoms in total. The van der Waals surface area contributed by atoms with Gasteiger partial charge in [0.15, 0.2) is 5.88 Å². The Hall–Kier alpha value is -4.47. The fraction of sp³-hybridized carbons (Fsp3) is 0.258. The van der Waals surface area contributed by atoms with Crippen LogP contribution in [0.4, 0.5) is 11.4 Å². The molecule has 2 aliphatic heterocycles. The molecular formula is C31H32N6O3. The van der Waals surface area contributed by atoms with Gasteiger partial charge in [-0.2, -0.15) is 0 Å². The van der Waals surface area contributed by atoms with E-state index in [-0.39, 0.29) is 11.8 Å². The molecule has 4 aromatic rings. The number of hydrogen-bond donors (Lipinski definition) is 3. The Morgan fingerprint density at radius 3 is 2.48 bits per heavy atom. The molecule has 0 aliphatic carbocycles. The van der Waals surface area contributed by atoms with Gasteiger partial charge in [-0.15, -0.1) is 0 Å². The maximum Gasteiger partial charge on any atom is 0.248 e. The number of primary amides is 1. The summed E-state index contributed by atoms with van der Waals surface area (Å²) in [4.78, 5) is 39.3. The number of nitrogens with one attached hydrogen (secondary N) is 1. The van der Waals surface area contributed by atoms with E-state index < -0.39 is 5.91 Å². The number of piperazine rings is 1. The van der Waals surface area contributed by atoms with Gasteiger partial charge in [-0.1, -0.05) is 36.4 Å². The number of aromatic amines is 1. The van der Waals surface area contributed by atoms with Gasteiger partial charge in [-0.3, -0.25) is 14.5 Å². The van der Waals surface area contributed by atoms with Gasteiger partial charge in [-0.05, 0) is 49.4 Å². The van der Waals surface area contributed by atoms with Crippen molar-refractivity contribution >= 4 is 39.8 Å². The number of nitrogens with zero attached hydrogens (tertiary/aromatic N) is 4. The van der Waals surface area contributed by atoms with Gasteiger partial charge in [0.1, 0.15) is 0 Å². The molecule has 0 radical (unpaired) electrons. The van der Waals surface area contributed by atoms with Crippen molar-refractivity contribution in [3.63, 3.8) is 0 Å². The first-order valence-corrected chi connectivity index (χ1v) is 13.5. The molecule has 0 unspecified atom stereocenters. The van der Waals surface area contributed by atoms with Crippen molar-refractivity contribution < 1.29 is 14.7 Å². The van der Waals surface area contributed by atoms with Gasteiger partial charge >= 0.3 is 0 Å². The third-order valence-electron chi connectivity index (χ3n) is 7.80. The summed E-state index contributed by atoms with van der Waals surface area (Å²) < 4.78 is 0. The Morgan fingerprint density at radius 2 is 1.73 bits per heavy atom. The van der Waals surface area contributed by atoms with Crippen LogP contribution in [0.25, 0.3) is 10.9 Å². The second-order valence-corrected chi connectivity index (χ2v) is 10.5. The fourth-order valence-electron chi connectivity index (χ4n) is 5.57. The van der Waals surface area contributed by atoms with E-state index >= 15 is 0 Å². The average Bonchev–Trinajstić information content (AvgIpc) is 3.53. The highest BCUT2D eigenvalue weighted by molar-refractivity contribution is 6.22. The smallest absolute Gasteiger partial charge is 0.248 e. The van der Waals surface area contributed by atoms with Crippen molar-refractivity contribution in [2.24, 2.45) is 10.7 Å². The van der Waals surface area contributed by atoms with Crippen molar-refractivity contribution in [2.45, 2.75) is 6.42 Å². The normalized spacial score (nSPS) is 16.4. The first-order chi connectivity index (χ1) is 19.4. The Bertz CT molecular complexity index is 1620. The molecule has 0 saturated carbocycles. The summed E-state index contributed by atoms with van der Waals surface area (Å²) in [6.45, 7) is 4.86. The number of H-pyrrole nitrogens is 1. The Morgan fingerprint density at radius 1 is 0.950 bits per heavy atom. The third-order valence-corrected chi connectivity index (χ3v) is 7.80. The van der Waals surface area contributed by atoms with Gasteiger partial charge < -0.3 is 25.6 Å². The van der Waals surface area contributed by atoms with E-state index in [0.29, 0.717) is 35.4 Å². The molecule has 1 fully saturated rings. The maximum absolute atomic E-state index is 13.2. The van der Waals surface area contributed by atoms with Gasteiger partial charge in [0.05, 0.1) is 23.5 Å². The number of carbonyl (C=O) groups is 2. The molecule has 2 aliphatic rings. The van der Waals surface area contributed by atoms with E-state index in [4.69, 9.17) is 10.7 Å². The number of nitrogens with two attached hydrogens (primary N) is 1. The van der Waals surface area contributed by atoms with E-state index in [0.717, 1.165) is 60.5 Å². The van der Waals surface area contributed by atoms with Crippen molar-refractivity contribution in [1.82, 2.24) is 14.8 Å². The lowest BCUT2D eigenvalue weighted by Crippen LogP contribution is -2.48. The van der Waals surface area contributed by atoms with E-state index in [1.165, 1.54) is 0 Å². The molecule has 9 heteroatoms. The zero-order chi connectivity index (χ0) is 27.8. The van der Waals surface area contributed by atoms with E-state index in [1.54, 1.807) is 18.2 Å². The summed E-state index contributed by atoms with van der Waals surface area (Å²) in [6, 6.07) is 20.6. The summed E-state index contributed by atoms with van der Waals surface area (Å²) >= 11 is 0. The summed E-state index contributed by atoms with van der Waals surface area (Å²) in [5.41, 5.74) is 11.1. The van der Waals surface area contributed by atoms with Gasteiger partial charge in [-0.25, -0.2) is 4.99 Å². The fourth-order valence-corrected chi connectivity index (χ4v) is 5.57. The number of carbonyl (C=O) groups excluding carboxylic acids is 2. The first-order valence-electron chi connectivity index (χ1n) is 13.5. The van der Waals surface area contributed by atoms with Gasteiger partial charge in [0, 0.05) is 60.4 Å². The van der Waals surface area contributed by atoms with Gasteiger partial charge in [0.2, 0.25) is 11.8 Å². The zero-order valence-corrected chi connectivity index (χ0v) is 22.4. The van der Waals surface area contributed by atoms with Crippen LogP contribution < -0.4 is 10.6 Å². The van der Waals surface area contributed by atoms with Gasteiger partial charge in [0.25, 0.3) is 0 Å². The SMILES string of the molecule is CN1CCN(CC(=O)N2CCc3cc(N=C(c4ccccc4)c4c(O)[nH]c5cc(C(N)=O)ccc45)ccc32)CC1. The molecule has 204 valence electrons. The van der Waals surface area contributed by atoms with Crippen LogP contribution >= 0.6 is 0 Å². The number of fused-ring (bicyclic) bond motifs is 2. The lowest BCUT2D eigenvalue weighted by Gasteiger charge is -2.32. The second-order valence-electron chi connectivity index (χ2n) is 10.5. The third kappa shape index (κ3) is 4.97. The second kappa shape index (κ2) is 10.6. The molecule has 1 aromatic heterocycles. The van der Waals surface area contributed by atoms with E-state index in [2.05, 4.69) is 21.8 Å². The average molecular weight is 537 g/mol. The number of rotatable bonds is 6. The van der Waals surface area contributed by atoms with Crippen molar-refractivity contribution in [2.75, 3.05) is 51.2 Å². The molecule has 1 saturated heterocycles. The van der Waals surface area contributed by atoms with Crippen LogP contribution in [0.5, 0.6) is 5.88 Å². The van der Waals surface area contributed by atoms with Crippen LogP contribution in [-0.4, -0.2) is 83.7 Å². The molecule has 3 aromatic carbocycles. The number of aromatic hydroxyl groups is 1. The summed E-state index contributed by atoms with van der Waals surface area (Å²) in [5, 5.41) is 11.7. The van der Waals surface area contributed by atoms with Crippen LogP contribution in [0.1, 0.15) is 27.0 Å². The minimum absolute atomic E-state index is 0.0407. The van der Waals surface area contributed by atoms with Crippen LogP contribution in [0, 0.1) is 0 Å². The first kappa shape index (κ1) is 25.8. The number of hydrogen-bond acceptors (Lipinski definition) is 6. The number of aromatic nitrogens is 1. The predicted molar refractivity (Wildman–Crippen MR) is 157 cm³/mol. The summed E-state index contributed by atoms with van der Waals surface area (Å²) in [6.07, 6.45) is 0.766. The topological polar surface area (TPSA) is 118 Å². The molecular weight excluding hydrogens is 504 g/mol. The highest BCUT2D eigenvalue weighted by Gasteiger charge is 2.27. The minimum Gasteiger partial charge on any atom is -0.494 e.